The lowest BCUT2D eigenvalue weighted by Crippen LogP contribution is -2.42. The summed E-state index contributed by atoms with van der Waals surface area (Å²) in [6.45, 7) is 6.33. The summed E-state index contributed by atoms with van der Waals surface area (Å²) in [6, 6.07) is 0. The maximum atomic E-state index is 12.2. The predicted octanol–water partition coefficient (Wildman–Crippen LogP) is 3.46. The number of halogens is 1. The molecule has 0 spiro atoms. The average Bonchev–Trinajstić information content (AvgIpc) is 2.87. The number of nitrogens with zero attached hydrogens (tertiary/aromatic N) is 2. The normalized spacial score (nSPS) is 18.6. The molecule has 0 atom stereocenters. The van der Waals surface area contributed by atoms with Crippen molar-refractivity contribution >= 4 is 28.8 Å². The van der Waals surface area contributed by atoms with Crippen molar-refractivity contribution in [2.75, 3.05) is 13.1 Å². The van der Waals surface area contributed by atoms with Crippen LogP contribution in [0.15, 0.2) is 5.38 Å². The van der Waals surface area contributed by atoms with Gasteiger partial charge in [0, 0.05) is 18.5 Å². The summed E-state index contributed by atoms with van der Waals surface area (Å²) in [5.74, 6) is 0.622. The fourth-order valence-electron chi connectivity index (χ4n) is 2.38. The fourth-order valence-corrected chi connectivity index (χ4v) is 3.40. The van der Waals surface area contributed by atoms with Crippen molar-refractivity contribution in [3.05, 3.63) is 16.1 Å². The minimum atomic E-state index is 0.202. The number of thiazole rings is 1. The number of carbonyl (C=O) groups excluding carboxylic acids is 1. The third-order valence-electron chi connectivity index (χ3n) is 4.22. The smallest absolute Gasteiger partial charge is 0.229 e. The molecule has 2 rings (SSSR count). The van der Waals surface area contributed by atoms with Gasteiger partial charge in [-0.3, -0.25) is 4.79 Å². The van der Waals surface area contributed by atoms with Crippen LogP contribution in [-0.2, 0) is 17.1 Å². The molecule has 1 amide bonds. The Morgan fingerprint density at radius 1 is 1.53 bits per heavy atom. The molecule has 3 nitrogen and oxygen atoms in total. The molecule has 0 bridgehead atoms. The van der Waals surface area contributed by atoms with Crippen LogP contribution in [-0.4, -0.2) is 28.9 Å². The monoisotopic (exact) mass is 300 g/mol. The van der Waals surface area contributed by atoms with Crippen molar-refractivity contribution in [3.63, 3.8) is 0 Å². The highest BCUT2D eigenvalue weighted by Gasteiger charge is 2.30. The van der Waals surface area contributed by atoms with Crippen molar-refractivity contribution in [3.8, 4) is 0 Å². The Morgan fingerprint density at radius 2 is 2.21 bits per heavy atom. The third-order valence-corrected chi connectivity index (χ3v) is 5.39. The van der Waals surface area contributed by atoms with Gasteiger partial charge in [0.05, 0.1) is 18.0 Å². The largest absolute Gasteiger partial charge is 0.342 e. The predicted molar refractivity (Wildman–Crippen MR) is 79.6 cm³/mol. The summed E-state index contributed by atoms with van der Waals surface area (Å²) < 4.78 is 0. The van der Waals surface area contributed by atoms with E-state index in [1.165, 1.54) is 17.8 Å². The zero-order chi connectivity index (χ0) is 13.9. The maximum absolute atomic E-state index is 12.2. The molecule has 0 radical (unpaired) electrons. The number of piperidine rings is 1. The van der Waals surface area contributed by atoms with Gasteiger partial charge in [0.25, 0.3) is 0 Å². The van der Waals surface area contributed by atoms with Gasteiger partial charge in [0.1, 0.15) is 5.01 Å². The molecule has 106 valence electrons. The molecule has 1 fully saturated rings. The number of hydrogen-bond acceptors (Lipinski definition) is 3. The van der Waals surface area contributed by atoms with Gasteiger partial charge in [-0.1, -0.05) is 20.3 Å². The molecule has 1 aromatic rings. The van der Waals surface area contributed by atoms with E-state index in [1.807, 2.05) is 10.3 Å². The Bertz CT molecular complexity index is 438. The molecule has 0 aliphatic carbocycles. The maximum Gasteiger partial charge on any atom is 0.229 e. The van der Waals surface area contributed by atoms with E-state index in [4.69, 9.17) is 11.6 Å². The van der Waals surface area contributed by atoms with Crippen LogP contribution >= 0.6 is 22.9 Å². The summed E-state index contributed by atoms with van der Waals surface area (Å²) >= 11 is 7.25. The first-order chi connectivity index (χ1) is 9.06. The van der Waals surface area contributed by atoms with E-state index in [0.717, 1.165) is 36.6 Å². The van der Waals surface area contributed by atoms with Gasteiger partial charge in [-0.15, -0.1) is 22.9 Å². The second kappa shape index (κ2) is 6.23. The van der Waals surface area contributed by atoms with Crippen molar-refractivity contribution in [2.24, 2.45) is 5.41 Å². The summed E-state index contributed by atoms with van der Waals surface area (Å²) in [5.41, 5.74) is 1.29. The average molecular weight is 301 g/mol. The van der Waals surface area contributed by atoms with Crippen LogP contribution in [0.1, 0.15) is 43.8 Å². The van der Waals surface area contributed by atoms with Crippen LogP contribution < -0.4 is 0 Å². The standard InChI is InChI=1S/C14H21ClN2OS/c1-3-14(2)4-6-17(7-5-14)13(18)8-12-16-11(9-15)10-19-12/h10H,3-9H2,1-2H3. The number of hydrogen-bond donors (Lipinski definition) is 0. The summed E-state index contributed by atoms with van der Waals surface area (Å²) in [7, 11) is 0. The minimum absolute atomic E-state index is 0.202. The molecule has 19 heavy (non-hydrogen) atoms. The van der Waals surface area contributed by atoms with Gasteiger partial charge in [-0.2, -0.15) is 0 Å². The van der Waals surface area contributed by atoms with Crippen LogP contribution in [0.2, 0.25) is 0 Å². The van der Waals surface area contributed by atoms with Gasteiger partial charge in [-0.25, -0.2) is 4.98 Å². The van der Waals surface area contributed by atoms with Crippen LogP contribution in [0.3, 0.4) is 0 Å². The van der Waals surface area contributed by atoms with Crippen LogP contribution in [0.4, 0.5) is 0 Å². The SMILES string of the molecule is CCC1(C)CCN(C(=O)Cc2nc(CCl)cs2)CC1. The molecule has 2 heterocycles. The lowest BCUT2D eigenvalue weighted by Gasteiger charge is -2.38. The molecule has 0 aromatic carbocycles. The van der Waals surface area contributed by atoms with E-state index in [0.29, 0.717) is 17.7 Å². The van der Waals surface area contributed by atoms with Crippen molar-refractivity contribution in [1.29, 1.82) is 0 Å². The summed E-state index contributed by atoms with van der Waals surface area (Å²) in [5, 5.41) is 2.81. The van der Waals surface area contributed by atoms with Crippen LogP contribution in [0, 0.1) is 5.41 Å². The van der Waals surface area contributed by atoms with Gasteiger partial charge < -0.3 is 4.90 Å². The molecular formula is C14H21ClN2OS. The molecule has 1 saturated heterocycles. The second-order valence-corrected chi connectivity index (χ2v) is 6.80. The number of amides is 1. The van der Waals surface area contributed by atoms with Gasteiger partial charge in [-0.05, 0) is 18.3 Å². The molecule has 0 N–H and O–H groups in total. The molecule has 1 aliphatic heterocycles. The number of alkyl halides is 1. The van der Waals surface area contributed by atoms with E-state index >= 15 is 0 Å². The molecule has 1 aliphatic rings. The van der Waals surface area contributed by atoms with Crippen LogP contribution in [0.25, 0.3) is 0 Å². The van der Waals surface area contributed by atoms with Gasteiger partial charge in [0.2, 0.25) is 5.91 Å². The van der Waals surface area contributed by atoms with Gasteiger partial charge >= 0.3 is 0 Å². The lowest BCUT2D eigenvalue weighted by molar-refractivity contribution is -0.132. The van der Waals surface area contributed by atoms with Crippen molar-refractivity contribution < 1.29 is 4.79 Å². The number of likely N-dealkylation sites (tertiary alicyclic amines) is 1. The molecule has 0 unspecified atom stereocenters. The van der Waals surface area contributed by atoms with Crippen molar-refractivity contribution in [1.82, 2.24) is 9.88 Å². The Hall–Kier alpha value is -0.610. The first kappa shape index (κ1) is 14.8. The van der Waals surface area contributed by atoms with Gasteiger partial charge in [0.15, 0.2) is 0 Å². The fraction of sp³-hybridized carbons (Fsp3) is 0.714. The molecule has 5 heteroatoms. The highest BCUT2D eigenvalue weighted by molar-refractivity contribution is 7.09. The number of carbonyl (C=O) groups is 1. The lowest BCUT2D eigenvalue weighted by atomic mass is 9.78. The zero-order valence-corrected chi connectivity index (χ0v) is 13.2. The third kappa shape index (κ3) is 3.69. The van der Waals surface area contributed by atoms with Crippen molar-refractivity contribution in [2.45, 2.75) is 45.4 Å². The second-order valence-electron chi connectivity index (χ2n) is 5.59. The van der Waals surface area contributed by atoms with Crippen LogP contribution in [0.5, 0.6) is 0 Å². The topological polar surface area (TPSA) is 33.2 Å². The Kier molecular flexibility index (Phi) is 4.85. The zero-order valence-electron chi connectivity index (χ0n) is 11.6. The minimum Gasteiger partial charge on any atom is -0.342 e. The first-order valence-electron chi connectivity index (χ1n) is 6.83. The van der Waals surface area contributed by atoms with E-state index in [1.54, 1.807) is 0 Å². The Balaban J connectivity index is 1.88. The number of rotatable bonds is 4. The highest BCUT2D eigenvalue weighted by Crippen LogP contribution is 2.34. The van der Waals surface area contributed by atoms with E-state index in [9.17, 15) is 4.79 Å². The highest BCUT2D eigenvalue weighted by atomic mass is 35.5. The quantitative estimate of drug-likeness (QED) is 0.798. The Morgan fingerprint density at radius 3 is 2.74 bits per heavy atom. The van der Waals surface area contributed by atoms with E-state index in [-0.39, 0.29) is 5.91 Å². The molecular weight excluding hydrogens is 280 g/mol. The molecule has 0 saturated carbocycles. The Labute approximate surface area is 124 Å². The summed E-state index contributed by atoms with van der Waals surface area (Å²) in [6.07, 6.45) is 3.84. The molecule has 1 aromatic heterocycles. The van der Waals surface area contributed by atoms with E-state index in [2.05, 4.69) is 18.8 Å². The van der Waals surface area contributed by atoms with E-state index < -0.39 is 0 Å². The summed E-state index contributed by atoms with van der Waals surface area (Å²) in [4.78, 5) is 18.6. The number of aromatic nitrogens is 1. The first-order valence-corrected chi connectivity index (χ1v) is 8.25.